The first-order chi connectivity index (χ1) is 12.3. The van der Waals surface area contributed by atoms with Gasteiger partial charge in [0.05, 0.1) is 5.01 Å². The smallest absolute Gasteiger partial charge is 0.161 e. The first-order valence-corrected chi connectivity index (χ1v) is 9.62. The highest BCUT2D eigenvalue weighted by Gasteiger charge is 2.19. The van der Waals surface area contributed by atoms with Gasteiger partial charge in [0.15, 0.2) is 5.82 Å². The monoisotopic (exact) mass is 351 g/mol. The molecule has 5 nitrogen and oxygen atoms in total. The first kappa shape index (κ1) is 16.1. The second-order valence-corrected chi connectivity index (χ2v) is 7.36. The molecule has 0 radical (unpaired) electrons. The van der Waals surface area contributed by atoms with E-state index in [1.54, 1.807) is 23.7 Å². The highest BCUT2D eigenvalue weighted by molar-refractivity contribution is 7.11. The minimum Gasteiger partial charge on any atom is -0.369 e. The standard InChI is InChI=1S/C19H21N5S/c1-2-14-12-22-17(25-14)8-11-21-19-15-4-3-5-16(15)23-18(24-19)13-6-9-20-10-7-13/h6-7,9-10,12H,2-5,8,11H2,1H3,(H,21,23,24). The predicted octanol–water partition coefficient (Wildman–Crippen LogP) is 3.70. The van der Waals surface area contributed by atoms with Crippen molar-refractivity contribution < 1.29 is 0 Å². The number of anilines is 1. The molecule has 0 aromatic carbocycles. The second kappa shape index (κ2) is 7.27. The van der Waals surface area contributed by atoms with Gasteiger partial charge >= 0.3 is 0 Å². The highest BCUT2D eigenvalue weighted by Crippen LogP contribution is 2.29. The normalized spacial score (nSPS) is 13.0. The van der Waals surface area contributed by atoms with E-state index in [1.165, 1.54) is 21.1 Å². The molecule has 3 aromatic heterocycles. The number of rotatable bonds is 6. The Bertz CT molecular complexity index is 860. The van der Waals surface area contributed by atoms with E-state index in [1.807, 2.05) is 18.3 Å². The summed E-state index contributed by atoms with van der Waals surface area (Å²) >= 11 is 1.80. The molecular weight excluding hydrogens is 330 g/mol. The number of hydrogen-bond donors (Lipinski definition) is 1. The molecule has 0 fully saturated rings. The molecule has 0 spiro atoms. The van der Waals surface area contributed by atoms with E-state index in [0.29, 0.717) is 0 Å². The van der Waals surface area contributed by atoms with E-state index in [4.69, 9.17) is 9.97 Å². The van der Waals surface area contributed by atoms with Gasteiger partial charge in [0.2, 0.25) is 0 Å². The number of nitrogens with zero attached hydrogens (tertiary/aromatic N) is 4. The highest BCUT2D eigenvalue weighted by atomic mass is 32.1. The van der Waals surface area contributed by atoms with Crippen LogP contribution >= 0.6 is 11.3 Å². The molecule has 25 heavy (non-hydrogen) atoms. The third-order valence-electron chi connectivity index (χ3n) is 4.45. The minimum absolute atomic E-state index is 0.785. The third kappa shape index (κ3) is 3.54. The molecule has 3 aromatic rings. The van der Waals surface area contributed by atoms with Crippen molar-refractivity contribution in [1.82, 2.24) is 19.9 Å². The van der Waals surface area contributed by atoms with Gasteiger partial charge in [-0.1, -0.05) is 6.92 Å². The third-order valence-corrected chi connectivity index (χ3v) is 5.65. The fourth-order valence-electron chi connectivity index (χ4n) is 3.12. The second-order valence-electron chi connectivity index (χ2n) is 6.16. The lowest BCUT2D eigenvalue weighted by Gasteiger charge is -2.12. The number of pyridine rings is 1. The van der Waals surface area contributed by atoms with Crippen LogP contribution in [0.15, 0.2) is 30.7 Å². The van der Waals surface area contributed by atoms with E-state index in [9.17, 15) is 0 Å². The number of hydrogen-bond acceptors (Lipinski definition) is 6. The number of fused-ring (bicyclic) bond motifs is 1. The maximum atomic E-state index is 4.80. The maximum absolute atomic E-state index is 4.80. The largest absolute Gasteiger partial charge is 0.369 e. The molecule has 0 amide bonds. The van der Waals surface area contributed by atoms with Gasteiger partial charge < -0.3 is 5.32 Å². The summed E-state index contributed by atoms with van der Waals surface area (Å²) in [6.45, 7) is 3.01. The van der Waals surface area contributed by atoms with Crippen molar-refractivity contribution in [2.45, 2.75) is 39.0 Å². The lowest BCUT2D eigenvalue weighted by atomic mass is 10.2. The molecule has 0 unspecified atom stereocenters. The Morgan fingerprint density at radius 2 is 2.04 bits per heavy atom. The molecule has 1 aliphatic carbocycles. The lowest BCUT2D eigenvalue weighted by molar-refractivity contribution is 0.899. The summed E-state index contributed by atoms with van der Waals surface area (Å²) < 4.78 is 0. The fraction of sp³-hybridized carbons (Fsp3) is 0.368. The number of nitrogens with one attached hydrogen (secondary N) is 1. The van der Waals surface area contributed by atoms with Gasteiger partial charge in [-0.2, -0.15) is 0 Å². The average Bonchev–Trinajstić information content (AvgIpc) is 3.31. The Kier molecular flexibility index (Phi) is 4.70. The zero-order valence-electron chi connectivity index (χ0n) is 14.3. The Morgan fingerprint density at radius 1 is 1.16 bits per heavy atom. The van der Waals surface area contributed by atoms with Gasteiger partial charge in [-0.05, 0) is 37.8 Å². The molecule has 0 atom stereocenters. The molecule has 3 heterocycles. The van der Waals surface area contributed by atoms with Crippen molar-refractivity contribution in [3.63, 3.8) is 0 Å². The molecule has 0 saturated heterocycles. The average molecular weight is 351 g/mol. The number of aromatic nitrogens is 4. The van der Waals surface area contributed by atoms with E-state index in [2.05, 4.69) is 22.2 Å². The van der Waals surface area contributed by atoms with E-state index in [0.717, 1.165) is 55.9 Å². The Hall–Kier alpha value is -2.34. The SMILES string of the molecule is CCc1cnc(CCNc2nc(-c3ccncc3)nc3c2CCC3)s1. The van der Waals surface area contributed by atoms with Gasteiger partial charge in [-0.25, -0.2) is 15.0 Å². The minimum atomic E-state index is 0.785. The Labute approximate surface area is 151 Å². The van der Waals surface area contributed by atoms with Crippen LogP contribution in [0.4, 0.5) is 5.82 Å². The van der Waals surface area contributed by atoms with Gasteiger partial charge in [-0.15, -0.1) is 11.3 Å². The predicted molar refractivity (Wildman–Crippen MR) is 101 cm³/mol. The fourth-order valence-corrected chi connectivity index (χ4v) is 3.99. The van der Waals surface area contributed by atoms with Crippen LogP contribution in [-0.2, 0) is 25.7 Å². The van der Waals surface area contributed by atoms with Gasteiger partial charge in [0.1, 0.15) is 5.82 Å². The summed E-state index contributed by atoms with van der Waals surface area (Å²) in [6, 6.07) is 3.92. The zero-order chi connectivity index (χ0) is 17.1. The van der Waals surface area contributed by atoms with Crippen LogP contribution in [0.2, 0.25) is 0 Å². The van der Waals surface area contributed by atoms with Crippen molar-refractivity contribution in [3.05, 3.63) is 51.9 Å². The van der Waals surface area contributed by atoms with Crippen LogP contribution in [0.1, 0.15) is 34.5 Å². The van der Waals surface area contributed by atoms with Crippen LogP contribution in [0.5, 0.6) is 0 Å². The molecule has 6 heteroatoms. The maximum Gasteiger partial charge on any atom is 0.161 e. The molecule has 1 N–H and O–H groups in total. The molecule has 0 aliphatic heterocycles. The van der Waals surface area contributed by atoms with Crippen LogP contribution in [-0.4, -0.2) is 26.5 Å². The van der Waals surface area contributed by atoms with Gasteiger partial charge in [-0.3, -0.25) is 4.98 Å². The van der Waals surface area contributed by atoms with E-state index in [-0.39, 0.29) is 0 Å². The molecule has 0 bridgehead atoms. The van der Waals surface area contributed by atoms with Crippen molar-refractivity contribution in [3.8, 4) is 11.4 Å². The van der Waals surface area contributed by atoms with Crippen molar-refractivity contribution in [2.24, 2.45) is 0 Å². The first-order valence-electron chi connectivity index (χ1n) is 8.81. The van der Waals surface area contributed by atoms with Crippen LogP contribution in [0.3, 0.4) is 0 Å². The zero-order valence-corrected chi connectivity index (χ0v) is 15.1. The molecule has 128 valence electrons. The van der Waals surface area contributed by atoms with Crippen LogP contribution in [0.25, 0.3) is 11.4 Å². The summed E-state index contributed by atoms with van der Waals surface area (Å²) in [6.07, 6.45) is 10.8. The summed E-state index contributed by atoms with van der Waals surface area (Å²) in [5, 5.41) is 4.72. The number of aryl methyl sites for hydroxylation is 2. The topological polar surface area (TPSA) is 63.6 Å². The Balaban J connectivity index is 1.53. The van der Waals surface area contributed by atoms with Crippen LogP contribution < -0.4 is 5.32 Å². The van der Waals surface area contributed by atoms with Crippen molar-refractivity contribution >= 4 is 17.2 Å². The van der Waals surface area contributed by atoms with Gasteiger partial charge in [0.25, 0.3) is 0 Å². The quantitative estimate of drug-likeness (QED) is 0.733. The van der Waals surface area contributed by atoms with Crippen molar-refractivity contribution in [1.29, 1.82) is 0 Å². The molecule has 4 rings (SSSR count). The van der Waals surface area contributed by atoms with Gasteiger partial charge in [0, 0.05) is 53.3 Å². The molecule has 0 saturated carbocycles. The van der Waals surface area contributed by atoms with Crippen LogP contribution in [0, 0.1) is 0 Å². The lowest BCUT2D eigenvalue weighted by Crippen LogP contribution is -2.10. The summed E-state index contributed by atoms with van der Waals surface area (Å²) in [5.74, 6) is 1.77. The summed E-state index contributed by atoms with van der Waals surface area (Å²) in [7, 11) is 0. The summed E-state index contributed by atoms with van der Waals surface area (Å²) in [5.41, 5.74) is 3.48. The van der Waals surface area contributed by atoms with Crippen molar-refractivity contribution in [2.75, 3.05) is 11.9 Å². The van der Waals surface area contributed by atoms with E-state index < -0.39 is 0 Å². The number of thiazole rings is 1. The molecule has 1 aliphatic rings. The molecular formula is C19H21N5S. The summed E-state index contributed by atoms with van der Waals surface area (Å²) in [4.78, 5) is 19.5. The van der Waals surface area contributed by atoms with E-state index >= 15 is 0 Å². The Morgan fingerprint density at radius 3 is 2.84 bits per heavy atom.